The van der Waals surface area contributed by atoms with Crippen molar-refractivity contribution in [2.24, 2.45) is 5.92 Å². The van der Waals surface area contributed by atoms with Gasteiger partial charge in [-0.3, -0.25) is 4.90 Å². The van der Waals surface area contributed by atoms with Gasteiger partial charge in [0.1, 0.15) is 0 Å². The zero-order chi connectivity index (χ0) is 11.4. The van der Waals surface area contributed by atoms with Crippen LogP contribution in [0.1, 0.15) is 26.2 Å². The average Bonchev–Trinajstić information content (AvgIpc) is 2.76. The van der Waals surface area contributed by atoms with Crippen molar-refractivity contribution in [3.8, 4) is 0 Å². The van der Waals surface area contributed by atoms with Crippen LogP contribution in [0.25, 0.3) is 0 Å². The highest BCUT2D eigenvalue weighted by atomic mass is 15.2. The Hall–Kier alpha value is -0.120. The molecule has 0 saturated carbocycles. The lowest BCUT2D eigenvalue weighted by Gasteiger charge is -2.35. The zero-order valence-electron chi connectivity index (χ0n) is 10.9. The van der Waals surface area contributed by atoms with Crippen molar-refractivity contribution in [2.45, 2.75) is 32.2 Å². The van der Waals surface area contributed by atoms with Crippen LogP contribution in [0, 0.1) is 5.92 Å². The van der Waals surface area contributed by atoms with Gasteiger partial charge in [0.2, 0.25) is 0 Å². The van der Waals surface area contributed by atoms with E-state index in [9.17, 15) is 0 Å². The third-order valence-corrected chi connectivity index (χ3v) is 4.20. The summed E-state index contributed by atoms with van der Waals surface area (Å²) in [6, 6.07) is 0.878. The number of likely N-dealkylation sites (tertiary alicyclic amines) is 2. The molecule has 0 aromatic heterocycles. The summed E-state index contributed by atoms with van der Waals surface area (Å²) in [6.45, 7) is 9.79. The Morgan fingerprint density at radius 2 is 1.88 bits per heavy atom. The molecule has 2 heterocycles. The Bertz CT molecular complexity index is 199. The molecule has 2 rings (SSSR count). The van der Waals surface area contributed by atoms with Gasteiger partial charge < -0.3 is 10.2 Å². The molecule has 0 spiro atoms. The van der Waals surface area contributed by atoms with Gasteiger partial charge in [0.05, 0.1) is 0 Å². The number of nitrogens with one attached hydrogen (secondary N) is 1. The van der Waals surface area contributed by atoms with E-state index >= 15 is 0 Å². The van der Waals surface area contributed by atoms with Crippen LogP contribution in [-0.2, 0) is 0 Å². The van der Waals surface area contributed by atoms with E-state index in [1.165, 1.54) is 52.0 Å². The third kappa shape index (κ3) is 3.19. The molecule has 3 nitrogen and oxygen atoms in total. The van der Waals surface area contributed by atoms with Gasteiger partial charge in [-0.05, 0) is 65.0 Å². The summed E-state index contributed by atoms with van der Waals surface area (Å²) in [5.41, 5.74) is 0. The van der Waals surface area contributed by atoms with Crippen molar-refractivity contribution in [1.82, 2.24) is 15.1 Å². The molecule has 2 fully saturated rings. The lowest BCUT2D eigenvalue weighted by atomic mass is 10.0. The van der Waals surface area contributed by atoms with Gasteiger partial charge in [-0.15, -0.1) is 0 Å². The van der Waals surface area contributed by atoms with Gasteiger partial charge in [-0.1, -0.05) is 6.92 Å². The molecule has 0 aromatic carbocycles. The summed E-state index contributed by atoms with van der Waals surface area (Å²) in [5, 5.41) is 3.49. The third-order valence-electron chi connectivity index (χ3n) is 4.20. The van der Waals surface area contributed by atoms with Crippen LogP contribution in [0.4, 0.5) is 0 Å². The Balaban J connectivity index is 1.71. The van der Waals surface area contributed by atoms with Crippen molar-refractivity contribution in [3.05, 3.63) is 0 Å². The molecule has 1 N–H and O–H groups in total. The zero-order valence-corrected chi connectivity index (χ0v) is 10.9. The van der Waals surface area contributed by atoms with Gasteiger partial charge in [0.15, 0.2) is 0 Å². The average molecular weight is 225 g/mol. The van der Waals surface area contributed by atoms with Crippen LogP contribution in [0.15, 0.2) is 0 Å². The van der Waals surface area contributed by atoms with Crippen LogP contribution < -0.4 is 5.32 Å². The molecule has 3 heteroatoms. The van der Waals surface area contributed by atoms with E-state index in [4.69, 9.17) is 0 Å². The second-order valence-corrected chi connectivity index (χ2v) is 5.49. The normalized spacial score (nSPS) is 30.0. The minimum atomic E-state index is 0.878. The van der Waals surface area contributed by atoms with E-state index in [0.29, 0.717) is 0 Å². The van der Waals surface area contributed by atoms with Crippen LogP contribution in [-0.4, -0.2) is 62.2 Å². The molecule has 2 aliphatic rings. The van der Waals surface area contributed by atoms with Gasteiger partial charge in [0, 0.05) is 12.6 Å². The first-order valence-corrected chi connectivity index (χ1v) is 6.93. The lowest BCUT2D eigenvalue weighted by Crippen LogP contribution is -2.43. The summed E-state index contributed by atoms with van der Waals surface area (Å²) >= 11 is 0. The molecule has 0 bridgehead atoms. The summed E-state index contributed by atoms with van der Waals surface area (Å²) in [6.07, 6.45) is 4.16. The number of piperidine rings is 1. The monoisotopic (exact) mass is 225 g/mol. The molecule has 1 unspecified atom stereocenters. The molecule has 2 saturated heterocycles. The number of hydrogen-bond acceptors (Lipinski definition) is 3. The van der Waals surface area contributed by atoms with Crippen LogP contribution in [0.2, 0.25) is 0 Å². The van der Waals surface area contributed by atoms with Crippen LogP contribution in [0.5, 0.6) is 0 Å². The molecular formula is C13H27N3. The van der Waals surface area contributed by atoms with Crippen molar-refractivity contribution >= 4 is 0 Å². The van der Waals surface area contributed by atoms with Crippen LogP contribution >= 0.6 is 0 Å². The highest BCUT2D eigenvalue weighted by Gasteiger charge is 2.29. The van der Waals surface area contributed by atoms with E-state index in [-0.39, 0.29) is 0 Å². The van der Waals surface area contributed by atoms with E-state index in [1.54, 1.807) is 0 Å². The maximum Gasteiger partial charge on any atom is 0.0120 e. The van der Waals surface area contributed by atoms with Gasteiger partial charge in [0.25, 0.3) is 0 Å². The minimum Gasteiger partial charge on any atom is -0.317 e. The Labute approximate surface area is 100 Å². The molecular weight excluding hydrogens is 198 g/mol. The van der Waals surface area contributed by atoms with Crippen molar-refractivity contribution in [1.29, 1.82) is 0 Å². The Kier molecular flexibility index (Phi) is 4.62. The molecule has 2 aliphatic heterocycles. The first-order valence-electron chi connectivity index (χ1n) is 6.93. The fraction of sp³-hybridized carbons (Fsp3) is 1.00. The first-order chi connectivity index (χ1) is 7.79. The second-order valence-electron chi connectivity index (χ2n) is 5.49. The quantitative estimate of drug-likeness (QED) is 0.770. The predicted octanol–water partition coefficient (Wildman–Crippen LogP) is 1.01. The number of hydrogen-bond donors (Lipinski definition) is 1. The van der Waals surface area contributed by atoms with Crippen LogP contribution in [0.3, 0.4) is 0 Å². The summed E-state index contributed by atoms with van der Waals surface area (Å²) in [5.74, 6) is 0.902. The van der Waals surface area contributed by atoms with E-state index in [0.717, 1.165) is 18.5 Å². The van der Waals surface area contributed by atoms with E-state index in [2.05, 4.69) is 29.1 Å². The maximum atomic E-state index is 3.49. The number of rotatable bonds is 4. The summed E-state index contributed by atoms with van der Waals surface area (Å²) in [4.78, 5) is 5.21. The largest absolute Gasteiger partial charge is 0.317 e. The molecule has 16 heavy (non-hydrogen) atoms. The van der Waals surface area contributed by atoms with Gasteiger partial charge >= 0.3 is 0 Å². The van der Waals surface area contributed by atoms with E-state index in [1.807, 2.05) is 0 Å². The van der Waals surface area contributed by atoms with Gasteiger partial charge in [-0.2, -0.15) is 0 Å². The van der Waals surface area contributed by atoms with Crippen molar-refractivity contribution in [3.63, 3.8) is 0 Å². The fourth-order valence-corrected chi connectivity index (χ4v) is 3.07. The maximum absolute atomic E-state index is 3.49. The molecule has 0 amide bonds. The topological polar surface area (TPSA) is 18.5 Å². The summed E-state index contributed by atoms with van der Waals surface area (Å²) in [7, 11) is 2.24. The fourth-order valence-electron chi connectivity index (χ4n) is 3.07. The summed E-state index contributed by atoms with van der Waals surface area (Å²) < 4.78 is 0. The lowest BCUT2D eigenvalue weighted by molar-refractivity contribution is 0.140. The first kappa shape index (κ1) is 12.3. The minimum absolute atomic E-state index is 0.878. The molecule has 0 aromatic rings. The van der Waals surface area contributed by atoms with Gasteiger partial charge in [-0.25, -0.2) is 0 Å². The predicted molar refractivity (Wildman–Crippen MR) is 68.7 cm³/mol. The molecule has 1 atom stereocenters. The standard InChI is InChI=1S/C13H27N3/c1-3-14-10-12-4-9-16(11-12)13-5-7-15(2)8-6-13/h12-14H,3-11H2,1-2H3. The molecule has 0 aliphatic carbocycles. The van der Waals surface area contributed by atoms with Crippen molar-refractivity contribution < 1.29 is 0 Å². The van der Waals surface area contributed by atoms with Crippen molar-refractivity contribution in [2.75, 3.05) is 46.3 Å². The molecule has 0 radical (unpaired) electrons. The Morgan fingerprint density at radius 1 is 1.12 bits per heavy atom. The van der Waals surface area contributed by atoms with E-state index < -0.39 is 0 Å². The molecule has 94 valence electrons. The second kappa shape index (κ2) is 5.99. The smallest absolute Gasteiger partial charge is 0.0120 e. The SMILES string of the molecule is CCNCC1CCN(C2CCN(C)CC2)C1. The highest BCUT2D eigenvalue weighted by molar-refractivity contribution is 4.85. The Morgan fingerprint density at radius 3 is 2.56 bits per heavy atom. The highest BCUT2D eigenvalue weighted by Crippen LogP contribution is 2.23. The number of nitrogens with zero attached hydrogens (tertiary/aromatic N) is 2.